The minimum absolute atomic E-state index is 0.107. The summed E-state index contributed by atoms with van der Waals surface area (Å²) in [7, 11) is 3.79. The first-order valence-electron chi connectivity index (χ1n) is 7.76. The molecule has 0 saturated heterocycles. The Kier molecular flexibility index (Phi) is 6.49. The standard InChI is InChI=1S/C17H27NO3/c1-18(13-15-4-3-5-17(15)19)12-14-6-8-16(9-7-14)21-11-10-20-2/h6-9,15,17,19H,3-5,10-13H2,1-2H3. The van der Waals surface area contributed by atoms with Gasteiger partial charge in [-0.05, 0) is 43.5 Å². The number of hydrogen-bond donors (Lipinski definition) is 1. The summed E-state index contributed by atoms with van der Waals surface area (Å²) >= 11 is 0. The Morgan fingerprint density at radius 3 is 2.57 bits per heavy atom. The molecule has 1 N–H and O–H groups in total. The van der Waals surface area contributed by atoms with E-state index in [0.29, 0.717) is 19.1 Å². The van der Waals surface area contributed by atoms with E-state index in [-0.39, 0.29) is 6.10 Å². The van der Waals surface area contributed by atoms with Gasteiger partial charge in [0.25, 0.3) is 0 Å². The maximum atomic E-state index is 9.89. The van der Waals surface area contributed by atoms with E-state index in [2.05, 4.69) is 24.1 Å². The Balaban J connectivity index is 1.76. The van der Waals surface area contributed by atoms with Crippen molar-refractivity contribution in [1.82, 2.24) is 4.90 Å². The van der Waals surface area contributed by atoms with Crippen LogP contribution in [0.4, 0.5) is 0 Å². The molecule has 2 atom stereocenters. The third-order valence-electron chi connectivity index (χ3n) is 4.10. The van der Waals surface area contributed by atoms with Crippen LogP contribution in [-0.2, 0) is 11.3 Å². The van der Waals surface area contributed by atoms with E-state index < -0.39 is 0 Å². The van der Waals surface area contributed by atoms with Crippen molar-refractivity contribution in [1.29, 1.82) is 0 Å². The third-order valence-corrected chi connectivity index (χ3v) is 4.10. The summed E-state index contributed by atoms with van der Waals surface area (Å²) in [4.78, 5) is 2.29. The van der Waals surface area contributed by atoms with Gasteiger partial charge in [-0.15, -0.1) is 0 Å². The molecule has 4 heteroatoms. The van der Waals surface area contributed by atoms with Crippen LogP contribution in [0.15, 0.2) is 24.3 Å². The number of aliphatic hydroxyl groups excluding tert-OH is 1. The van der Waals surface area contributed by atoms with Crippen molar-refractivity contribution in [3.63, 3.8) is 0 Å². The van der Waals surface area contributed by atoms with Gasteiger partial charge in [-0.25, -0.2) is 0 Å². The molecular weight excluding hydrogens is 266 g/mol. The molecule has 0 aliphatic heterocycles. The Hall–Kier alpha value is -1.10. The average molecular weight is 293 g/mol. The molecule has 4 nitrogen and oxygen atoms in total. The molecule has 0 amide bonds. The predicted molar refractivity (Wildman–Crippen MR) is 83.5 cm³/mol. The van der Waals surface area contributed by atoms with Gasteiger partial charge in [-0.2, -0.15) is 0 Å². The van der Waals surface area contributed by atoms with Crippen LogP contribution in [-0.4, -0.2) is 50.0 Å². The van der Waals surface area contributed by atoms with Crippen LogP contribution < -0.4 is 4.74 Å². The molecule has 0 spiro atoms. The van der Waals surface area contributed by atoms with Crippen LogP contribution in [0.25, 0.3) is 0 Å². The fraction of sp³-hybridized carbons (Fsp3) is 0.647. The van der Waals surface area contributed by atoms with E-state index in [0.717, 1.165) is 38.1 Å². The van der Waals surface area contributed by atoms with Crippen molar-refractivity contribution in [2.45, 2.75) is 31.9 Å². The van der Waals surface area contributed by atoms with Crippen LogP contribution in [0, 0.1) is 5.92 Å². The largest absolute Gasteiger partial charge is 0.491 e. The number of aliphatic hydroxyl groups is 1. The highest BCUT2D eigenvalue weighted by molar-refractivity contribution is 5.27. The van der Waals surface area contributed by atoms with Crippen molar-refractivity contribution in [2.24, 2.45) is 5.92 Å². The Morgan fingerprint density at radius 2 is 1.95 bits per heavy atom. The molecule has 1 fully saturated rings. The first kappa shape index (κ1) is 16.3. The SMILES string of the molecule is COCCOc1ccc(CN(C)CC2CCCC2O)cc1. The summed E-state index contributed by atoms with van der Waals surface area (Å²) in [6.45, 7) is 3.05. The van der Waals surface area contributed by atoms with E-state index in [9.17, 15) is 5.11 Å². The lowest BCUT2D eigenvalue weighted by Gasteiger charge is -2.23. The van der Waals surface area contributed by atoms with Crippen molar-refractivity contribution in [3.05, 3.63) is 29.8 Å². The highest BCUT2D eigenvalue weighted by Gasteiger charge is 2.25. The van der Waals surface area contributed by atoms with E-state index in [4.69, 9.17) is 9.47 Å². The Bertz CT molecular complexity index is 407. The van der Waals surface area contributed by atoms with Gasteiger partial charge in [-0.1, -0.05) is 18.6 Å². The summed E-state index contributed by atoms with van der Waals surface area (Å²) in [5.74, 6) is 1.32. The molecular formula is C17H27NO3. The van der Waals surface area contributed by atoms with Crippen molar-refractivity contribution >= 4 is 0 Å². The summed E-state index contributed by atoms with van der Waals surface area (Å²) in [5, 5.41) is 9.89. The molecule has 0 heterocycles. The molecule has 1 aliphatic rings. The van der Waals surface area contributed by atoms with Crippen molar-refractivity contribution in [3.8, 4) is 5.75 Å². The Labute approximate surface area is 127 Å². The normalized spacial score (nSPS) is 21.9. The average Bonchev–Trinajstić information content (AvgIpc) is 2.86. The summed E-state index contributed by atoms with van der Waals surface area (Å²) < 4.78 is 10.5. The first-order chi connectivity index (χ1) is 10.2. The van der Waals surface area contributed by atoms with Gasteiger partial charge in [-0.3, -0.25) is 0 Å². The van der Waals surface area contributed by atoms with Crippen molar-refractivity contribution < 1.29 is 14.6 Å². The molecule has 21 heavy (non-hydrogen) atoms. The maximum absolute atomic E-state index is 9.89. The molecule has 1 saturated carbocycles. The highest BCUT2D eigenvalue weighted by atomic mass is 16.5. The number of rotatable bonds is 8. The summed E-state index contributed by atoms with van der Waals surface area (Å²) in [6.07, 6.45) is 3.17. The topological polar surface area (TPSA) is 41.9 Å². The molecule has 1 aliphatic carbocycles. The van der Waals surface area contributed by atoms with Crippen LogP contribution in [0.1, 0.15) is 24.8 Å². The lowest BCUT2D eigenvalue weighted by atomic mass is 10.1. The molecule has 2 unspecified atom stereocenters. The van der Waals surface area contributed by atoms with E-state index in [1.165, 1.54) is 5.56 Å². The number of hydrogen-bond acceptors (Lipinski definition) is 4. The summed E-state index contributed by atoms with van der Waals surface area (Å²) in [5.41, 5.74) is 1.27. The van der Waals surface area contributed by atoms with Crippen LogP contribution in [0.3, 0.4) is 0 Å². The van der Waals surface area contributed by atoms with Crippen LogP contribution in [0.5, 0.6) is 5.75 Å². The second kappa shape index (κ2) is 8.37. The molecule has 1 aromatic rings. The van der Waals surface area contributed by atoms with Gasteiger partial charge >= 0.3 is 0 Å². The van der Waals surface area contributed by atoms with Gasteiger partial charge in [0.2, 0.25) is 0 Å². The number of nitrogens with zero attached hydrogens (tertiary/aromatic N) is 1. The first-order valence-corrected chi connectivity index (χ1v) is 7.76. The third kappa shape index (κ3) is 5.30. The van der Waals surface area contributed by atoms with Gasteiger partial charge in [0.1, 0.15) is 12.4 Å². The van der Waals surface area contributed by atoms with E-state index in [1.54, 1.807) is 7.11 Å². The molecule has 0 bridgehead atoms. The molecule has 1 aromatic carbocycles. The quantitative estimate of drug-likeness (QED) is 0.747. The lowest BCUT2D eigenvalue weighted by molar-refractivity contribution is 0.108. The second-order valence-electron chi connectivity index (χ2n) is 5.94. The number of ether oxygens (including phenoxy) is 2. The molecule has 0 aromatic heterocycles. The van der Waals surface area contributed by atoms with E-state index in [1.807, 2.05) is 12.1 Å². The zero-order chi connectivity index (χ0) is 15.1. The number of methoxy groups -OCH3 is 1. The monoisotopic (exact) mass is 293 g/mol. The fourth-order valence-electron chi connectivity index (χ4n) is 2.94. The molecule has 118 valence electrons. The Morgan fingerprint density at radius 1 is 1.19 bits per heavy atom. The summed E-state index contributed by atoms with van der Waals surface area (Å²) in [6, 6.07) is 8.21. The van der Waals surface area contributed by atoms with Crippen molar-refractivity contribution in [2.75, 3.05) is 33.9 Å². The zero-order valence-corrected chi connectivity index (χ0v) is 13.1. The van der Waals surface area contributed by atoms with E-state index >= 15 is 0 Å². The number of benzene rings is 1. The van der Waals surface area contributed by atoms with Crippen LogP contribution >= 0.6 is 0 Å². The highest BCUT2D eigenvalue weighted by Crippen LogP contribution is 2.26. The minimum Gasteiger partial charge on any atom is -0.491 e. The van der Waals surface area contributed by atoms with Gasteiger partial charge in [0.15, 0.2) is 0 Å². The predicted octanol–water partition coefficient (Wildman–Crippen LogP) is 2.30. The van der Waals surface area contributed by atoms with Gasteiger partial charge in [0, 0.05) is 20.2 Å². The fourth-order valence-corrected chi connectivity index (χ4v) is 2.94. The zero-order valence-electron chi connectivity index (χ0n) is 13.1. The molecule has 0 radical (unpaired) electrons. The maximum Gasteiger partial charge on any atom is 0.119 e. The lowest BCUT2D eigenvalue weighted by Crippen LogP contribution is -2.29. The second-order valence-corrected chi connectivity index (χ2v) is 5.94. The van der Waals surface area contributed by atoms with Gasteiger partial charge < -0.3 is 19.5 Å². The smallest absolute Gasteiger partial charge is 0.119 e. The van der Waals surface area contributed by atoms with Gasteiger partial charge in [0.05, 0.1) is 12.7 Å². The minimum atomic E-state index is -0.107. The molecule has 2 rings (SSSR count). The van der Waals surface area contributed by atoms with Crippen LogP contribution in [0.2, 0.25) is 0 Å².